The molecule has 0 bridgehead atoms. The molecule has 3 rings (SSSR count). The number of carbonyl (C=O) groups excluding carboxylic acids is 1. The van der Waals surface area contributed by atoms with E-state index in [1.807, 2.05) is 26.8 Å². The zero-order valence-electron chi connectivity index (χ0n) is 14.3. The van der Waals surface area contributed by atoms with Crippen molar-refractivity contribution >= 4 is 29.3 Å². The van der Waals surface area contributed by atoms with Crippen molar-refractivity contribution < 1.29 is 9.53 Å². The lowest BCUT2D eigenvalue weighted by Gasteiger charge is -2.34. The number of nitrogens with zero attached hydrogens (tertiary/aromatic N) is 3. The molecule has 0 spiro atoms. The summed E-state index contributed by atoms with van der Waals surface area (Å²) in [7, 11) is 0. The van der Waals surface area contributed by atoms with Gasteiger partial charge < -0.3 is 15.0 Å². The van der Waals surface area contributed by atoms with Gasteiger partial charge in [0.05, 0.1) is 0 Å². The van der Waals surface area contributed by atoms with Crippen LogP contribution in [0.25, 0.3) is 0 Å². The molecule has 0 atom stereocenters. The van der Waals surface area contributed by atoms with Gasteiger partial charge >= 0.3 is 6.09 Å². The van der Waals surface area contributed by atoms with Gasteiger partial charge in [-0.15, -0.1) is 0 Å². The number of nitrogens with one attached hydrogen (secondary N) is 1. The molecule has 0 radical (unpaired) electrons. The number of likely N-dealkylation sites (tertiary alicyclic amines) is 1. The molecular formula is C17H23ClN4O2. The first-order chi connectivity index (χ1) is 11.3. The van der Waals surface area contributed by atoms with Gasteiger partial charge in [0.2, 0.25) is 0 Å². The standard InChI is InChI=1S/C17H23ClN4O2/c1-17(2,3)24-16(23)19-12-6-8-22(9-7-12)14-10-11-4-5-13(18)20-15(11)21-14/h4-5,12H,6-10H2,1-3H3,(H,19,23). The Balaban J connectivity index is 1.51. The molecule has 1 fully saturated rings. The maximum absolute atomic E-state index is 11.9. The molecular weight excluding hydrogens is 328 g/mol. The van der Waals surface area contributed by atoms with E-state index in [1.54, 1.807) is 6.07 Å². The van der Waals surface area contributed by atoms with Gasteiger partial charge in [-0.3, -0.25) is 0 Å². The number of amides is 1. The van der Waals surface area contributed by atoms with Crippen molar-refractivity contribution in [1.82, 2.24) is 15.2 Å². The van der Waals surface area contributed by atoms with Crippen molar-refractivity contribution in [3.05, 3.63) is 22.8 Å². The summed E-state index contributed by atoms with van der Waals surface area (Å²) in [5.41, 5.74) is 0.645. The third kappa shape index (κ3) is 4.17. The van der Waals surface area contributed by atoms with Gasteiger partial charge in [0.25, 0.3) is 0 Å². The van der Waals surface area contributed by atoms with Crippen LogP contribution < -0.4 is 5.32 Å². The van der Waals surface area contributed by atoms with Crippen LogP contribution in [0.2, 0.25) is 5.15 Å². The van der Waals surface area contributed by atoms with Gasteiger partial charge in [0.15, 0.2) is 5.82 Å². The highest BCUT2D eigenvalue weighted by atomic mass is 35.5. The molecule has 1 aromatic heterocycles. The van der Waals surface area contributed by atoms with Crippen LogP contribution in [0, 0.1) is 0 Å². The van der Waals surface area contributed by atoms with Crippen LogP contribution in [0.5, 0.6) is 0 Å². The van der Waals surface area contributed by atoms with Crippen LogP contribution in [0.4, 0.5) is 10.6 Å². The van der Waals surface area contributed by atoms with Crippen molar-refractivity contribution in [2.75, 3.05) is 13.1 Å². The SMILES string of the molecule is CC(C)(C)OC(=O)NC1CCN(C2=Nc3nc(Cl)ccc3C2)CC1. The summed E-state index contributed by atoms with van der Waals surface area (Å²) in [6.45, 7) is 7.32. The summed E-state index contributed by atoms with van der Waals surface area (Å²) in [6, 6.07) is 3.93. The highest BCUT2D eigenvalue weighted by molar-refractivity contribution is 6.29. The molecule has 0 unspecified atom stereocenters. The Morgan fingerprint density at radius 1 is 1.33 bits per heavy atom. The summed E-state index contributed by atoms with van der Waals surface area (Å²) >= 11 is 5.92. The molecule has 0 aromatic carbocycles. The Morgan fingerprint density at radius 3 is 2.71 bits per heavy atom. The first-order valence-electron chi connectivity index (χ1n) is 8.27. The number of ether oxygens (including phenoxy) is 1. The third-order valence-electron chi connectivity index (χ3n) is 4.09. The molecule has 7 heteroatoms. The molecule has 2 aliphatic rings. The van der Waals surface area contributed by atoms with E-state index in [9.17, 15) is 4.79 Å². The van der Waals surface area contributed by atoms with Crippen LogP contribution in [-0.4, -0.2) is 46.5 Å². The molecule has 1 N–H and O–H groups in total. The van der Waals surface area contributed by atoms with Gasteiger partial charge in [0.1, 0.15) is 16.6 Å². The average molecular weight is 351 g/mol. The first kappa shape index (κ1) is 17.0. The molecule has 0 saturated carbocycles. The second-order valence-electron chi connectivity index (χ2n) is 7.23. The Kier molecular flexibility index (Phi) is 4.67. The van der Waals surface area contributed by atoms with E-state index in [4.69, 9.17) is 16.3 Å². The van der Waals surface area contributed by atoms with E-state index >= 15 is 0 Å². The molecule has 24 heavy (non-hydrogen) atoms. The summed E-state index contributed by atoms with van der Waals surface area (Å²) in [6.07, 6.45) is 2.21. The Labute approximate surface area is 147 Å². The smallest absolute Gasteiger partial charge is 0.407 e. The first-order valence-corrected chi connectivity index (χ1v) is 8.65. The molecule has 130 valence electrons. The quantitative estimate of drug-likeness (QED) is 0.789. The fourth-order valence-electron chi connectivity index (χ4n) is 2.96. The maximum Gasteiger partial charge on any atom is 0.407 e. The van der Waals surface area contributed by atoms with E-state index in [1.165, 1.54) is 0 Å². The number of halogens is 1. The minimum Gasteiger partial charge on any atom is -0.444 e. The third-order valence-corrected chi connectivity index (χ3v) is 4.30. The average Bonchev–Trinajstić information content (AvgIpc) is 2.89. The van der Waals surface area contributed by atoms with Crippen molar-refractivity contribution in [3.8, 4) is 0 Å². The largest absolute Gasteiger partial charge is 0.444 e. The summed E-state index contributed by atoms with van der Waals surface area (Å²) in [5.74, 6) is 1.77. The van der Waals surface area contributed by atoms with Crippen molar-refractivity contribution in [3.63, 3.8) is 0 Å². The minimum absolute atomic E-state index is 0.146. The predicted octanol–water partition coefficient (Wildman–Crippen LogP) is 3.31. The lowest BCUT2D eigenvalue weighted by Crippen LogP contribution is -2.47. The summed E-state index contributed by atoms with van der Waals surface area (Å²) in [5, 5.41) is 3.42. The van der Waals surface area contributed by atoms with Gasteiger partial charge in [-0.25, -0.2) is 14.8 Å². The zero-order valence-corrected chi connectivity index (χ0v) is 15.1. The Bertz CT molecular complexity index is 661. The van der Waals surface area contributed by atoms with E-state index in [-0.39, 0.29) is 12.1 Å². The molecule has 1 saturated heterocycles. The van der Waals surface area contributed by atoms with E-state index in [2.05, 4.69) is 20.2 Å². The fraction of sp³-hybridized carbons (Fsp3) is 0.588. The lowest BCUT2D eigenvalue weighted by atomic mass is 10.0. The number of hydrogen-bond acceptors (Lipinski definition) is 5. The number of pyridine rings is 1. The number of hydrogen-bond donors (Lipinski definition) is 1. The van der Waals surface area contributed by atoms with E-state index in [0.29, 0.717) is 5.15 Å². The van der Waals surface area contributed by atoms with Crippen LogP contribution in [0.1, 0.15) is 39.2 Å². The number of alkyl carbamates (subject to hydrolysis) is 1. The number of aliphatic imine (C=N–C) groups is 1. The maximum atomic E-state index is 11.9. The van der Waals surface area contributed by atoms with Gasteiger partial charge in [-0.05, 0) is 39.7 Å². The number of amidine groups is 1. The molecule has 1 amide bonds. The second-order valence-corrected chi connectivity index (χ2v) is 7.62. The molecule has 6 nitrogen and oxygen atoms in total. The topological polar surface area (TPSA) is 66.8 Å². The highest BCUT2D eigenvalue weighted by Crippen LogP contribution is 2.28. The van der Waals surface area contributed by atoms with Crippen LogP contribution in [0.15, 0.2) is 17.1 Å². The number of carbonyl (C=O) groups is 1. The minimum atomic E-state index is -0.469. The molecule has 3 heterocycles. The zero-order chi connectivity index (χ0) is 17.3. The second kappa shape index (κ2) is 6.59. The highest BCUT2D eigenvalue weighted by Gasteiger charge is 2.27. The van der Waals surface area contributed by atoms with Gasteiger partial charge in [0, 0.05) is 31.1 Å². The lowest BCUT2D eigenvalue weighted by molar-refractivity contribution is 0.0488. The predicted molar refractivity (Wildman–Crippen MR) is 94.0 cm³/mol. The van der Waals surface area contributed by atoms with Gasteiger partial charge in [-0.1, -0.05) is 17.7 Å². The van der Waals surface area contributed by atoms with Crippen LogP contribution in [-0.2, 0) is 11.2 Å². The van der Waals surface area contributed by atoms with Crippen LogP contribution in [0.3, 0.4) is 0 Å². The Hall–Kier alpha value is -1.82. The van der Waals surface area contributed by atoms with Crippen molar-refractivity contribution in [2.45, 2.75) is 51.7 Å². The monoisotopic (exact) mass is 350 g/mol. The number of aromatic nitrogens is 1. The summed E-state index contributed by atoms with van der Waals surface area (Å²) in [4.78, 5) is 23.0. The van der Waals surface area contributed by atoms with Gasteiger partial charge in [-0.2, -0.15) is 0 Å². The number of piperidine rings is 1. The Morgan fingerprint density at radius 2 is 2.04 bits per heavy atom. The number of fused-ring (bicyclic) bond motifs is 1. The normalized spacial score (nSPS) is 18.2. The van der Waals surface area contributed by atoms with E-state index < -0.39 is 5.60 Å². The van der Waals surface area contributed by atoms with Crippen LogP contribution >= 0.6 is 11.6 Å². The molecule has 2 aliphatic heterocycles. The summed E-state index contributed by atoms with van der Waals surface area (Å²) < 4.78 is 5.31. The van der Waals surface area contributed by atoms with Crippen molar-refractivity contribution in [1.29, 1.82) is 0 Å². The molecule has 1 aromatic rings. The van der Waals surface area contributed by atoms with Crippen molar-refractivity contribution in [2.24, 2.45) is 4.99 Å². The molecule has 0 aliphatic carbocycles. The fourth-order valence-corrected chi connectivity index (χ4v) is 3.10. The number of rotatable bonds is 1. The van der Waals surface area contributed by atoms with E-state index in [0.717, 1.165) is 49.6 Å².